The Labute approximate surface area is 107 Å². The van der Waals surface area contributed by atoms with Crippen LogP contribution in [0.5, 0.6) is 0 Å². The molecule has 5 heteroatoms. The van der Waals surface area contributed by atoms with Crippen molar-refractivity contribution in [2.75, 3.05) is 18.1 Å². The number of carbonyl (C=O) groups is 1. The lowest BCUT2D eigenvalue weighted by molar-refractivity contribution is -0.130. The van der Waals surface area contributed by atoms with Gasteiger partial charge in [-0.05, 0) is 32.6 Å². The Hall–Kier alpha value is -1.36. The number of nitrogens with zero attached hydrogens (tertiary/aromatic N) is 2. The lowest BCUT2D eigenvalue weighted by Crippen LogP contribution is -2.44. The number of hydrogen-bond donors (Lipinski definition) is 1. The van der Waals surface area contributed by atoms with Crippen molar-refractivity contribution < 1.29 is 9.53 Å². The number of amides is 1. The topological polar surface area (TPSA) is 58.2 Å². The maximum absolute atomic E-state index is 12.6. The number of hydrogen-bond acceptors (Lipinski definition) is 3. The van der Waals surface area contributed by atoms with Crippen LogP contribution < -0.4 is 4.90 Å². The molecular weight excluding hydrogens is 230 g/mol. The Morgan fingerprint density at radius 3 is 3.28 bits per heavy atom. The summed E-state index contributed by atoms with van der Waals surface area (Å²) in [6, 6.07) is 0. The molecule has 3 rings (SSSR count). The van der Waals surface area contributed by atoms with Crippen molar-refractivity contribution in [1.82, 2.24) is 10.2 Å². The van der Waals surface area contributed by atoms with Crippen molar-refractivity contribution in [1.29, 1.82) is 0 Å². The number of nitrogens with one attached hydrogen (secondary N) is 1. The SMILES string of the molecule is CC1OCCCC1C(=O)N1CCCc2[nH]ncc21. The zero-order valence-corrected chi connectivity index (χ0v) is 10.7. The van der Waals surface area contributed by atoms with Crippen LogP contribution in [-0.2, 0) is 16.0 Å². The van der Waals surface area contributed by atoms with Gasteiger partial charge in [0.05, 0.1) is 29.6 Å². The molecule has 2 unspecified atom stereocenters. The molecule has 0 radical (unpaired) electrons. The van der Waals surface area contributed by atoms with E-state index in [1.807, 2.05) is 11.8 Å². The lowest BCUT2D eigenvalue weighted by Gasteiger charge is -2.34. The van der Waals surface area contributed by atoms with Gasteiger partial charge in [0.2, 0.25) is 5.91 Å². The summed E-state index contributed by atoms with van der Waals surface area (Å²) in [5, 5.41) is 7.03. The van der Waals surface area contributed by atoms with Crippen molar-refractivity contribution in [3.05, 3.63) is 11.9 Å². The average Bonchev–Trinajstić information content (AvgIpc) is 2.86. The molecule has 1 N–H and O–H groups in total. The smallest absolute Gasteiger partial charge is 0.232 e. The predicted molar refractivity (Wildman–Crippen MR) is 67.4 cm³/mol. The molecule has 2 aliphatic rings. The van der Waals surface area contributed by atoms with Crippen molar-refractivity contribution in [3.63, 3.8) is 0 Å². The number of aryl methyl sites for hydroxylation is 1. The van der Waals surface area contributed by atoms with Crippen LogP contribution >= 0.6 is 0 Å². The van der Waals surface area contributed by atoms with Crippen LogP contribution in [0.4, 0.5) is 5.69 Å². The maximum Gasteiger partial charge on any atom is 0.232 e. The van der Waals surface area contributed by atoms with E-state index < -0.39 is 0 Å². The zero-order valence-electron chi connectivity index (χ0n) is 10.7. The van der Waals surface area contributed by atoms with Crippen LogP contribution in [0.2, 0.25) is 0 Å². The third kappa shape index (κ3) is 1.92. The minimum Gasteiger partial charge on any atom is -0.378 e. The summed E-state index contributed by atoms with van der Waals surface area (Å²) in [6.45, 7) is 3.58. The largest absolute Gasteiger partial charge is 0.378 e. The number of ether oxygens (including phenoxy) is 1. The molecule has 1 aromatic heterocycles. The first-order valence-electron chi connectivity index (χ1n) is 6.72. The highest BCUT2D eigenvalue weighted by Crippen LogP contribution is 2.29. The van der Waals surface area contributed by atoms with Gasteiger partial charge in [0.25, 0.3) is 0 Å². The molecule has 98 valence electrons. The van der Waals surface area contributed by atoms with E-state index in [-0.39, 0.29) is 17.9 Å². The fraction of sp³-hybridized carbons (Fsp3) is 0.692. The van der Waals surface area contributed by atoms with Crippen LogP contribution in [-0.4, -0.2) is 35.4 Å². The fourth-order valence-electron chi connectivity index (χ4n) is 2.93. The second kappa shape index (κ2) is 4.72. The second-order valence-electron chi connectivity index (χ2n) is 5.15. The average molecular weight is 249 g/mol. The van der Waals surface area contributed by atoms with Gasteiger partial charge in [0.1, 0.15) is 0 Å². The number of rotatable bonds is 1. The summed E-state index contributed by atoms with van der Waals surface area (Å²) in [5.41, 5.74) is 2.04. The highest BCUT2D eigenvalue weighted by Gasteiger charge is 2.34. The van der Waals surface area contributed by atoms with Gasteiger partial charge in [0, 0.05) is 13.2 Å². The highest BCUT2D eigenvalue weighted by molar-refractivity contribution is 5.96. The van der Waals surface area contributed by atoms with E-state index in [1.165, 1.54) is 0 Å². The molecule has 0 spiro atoms. The number of fused-ring (bicyclic) bond motifs is 1. The number of carbonyl (C=O) groups excluding carboxylic acids is 1. The van der Waals surface area contributed by atoms with E-state index in [2.05, 4.69) is 10.2 Å². The predicted octanol–water partition coefficient (Wildman–Crippen LogP) is 1.50. The summed E-state index contributed by atoms with van der Waals surface area (Å²) < 4.78 is 5.60. The molecule has 2 aliphatic heterocycles. The molecule has 0 aliphatic carbocycles. The normalized spacial score (nSPS) is 27.9. The van der Waals surface area contributed by atoms with E-state index in [4.69, 9.17) is 4.74 Å². The quantitative estimate of drug-likeness (QED) is 0.820. The number of aromatic amines is 1. The van der Waals surface area contributed by atoms with Gasteiger partial charge in [-0.1, -0.05) is 0 Å². The molecule has 0 aromatic carbocycles. The van der Waals surface area contributed by atoms with E-state index in [0.29, 0.717) is 0 Å². The van der Waals surface area contributed by atoms with Crippen molar-refractivity contribution in [3.8, 4) is 0 Å². The molecule has 1 aromatic rings. The third-order valence-corrected chi connectivity index (χ3v) is 3.98. The van der Waals surface area contributed by atoms with Gasteiger partial charge < -0.3 is 9.64 Å². The van der Waals surface area contributed by atoms with Crippen LogP contribution in [0.3, 0.4) is 0 Å². The lowest BCUT2D eigenvalue weighted by atomic mass is 9.93. The summed E-state index contributed by atoms with van der Waals surface area (Å²) in [4.78, 5) is 14.5. The van der Waals surface area contributed by atoms with Gasteiger partial charge >= 0.3 is 0 Å². The molecule has 1 fully saturated rings. The van der Waals surface area contributed by atoms with Gasteiger partial charge in [-0.15, -0.1) is 0 Å². The molecule has 0 bridgehead atoms. The summed E-state index contributed by atoms with van der Waals surface area (Å²) in [7, 11) is 0. The molecule has 5 nitrogen and oxygen atoms in total. The Bertz CT molecular complexity index is 443. The number of H-pyrrole nitrogens is 1. The first kappa shape index (κ1) is 11.7. The first-order chi connectivity index (χ1) is 8.77. The van der Waals surface area contributed by atoms with Gasteiger partial charge in [-0.2, -0.15) is 5.10 Å². The van der Waals surface area contributed by atoms with E-state index in [0.717, 1.165) is 50.2 Å². The monoisotopic (exact) mass is 249 g/mol. The van der Waals surface area contributed by atoms with Crippen molar-refractivity contribution >= 4 is 11.6 Å². The second-order valence-corrected chi connectivity index (χ2v) is 5.15. The molecule has 3 heterocycles. The molecule has 18 heavy (non-hydrogen) atoms. The summed E-state index contributed by atoms with van der Waals surface area (Å²) in [6.07, 6.45) is 5.69. The highest BCUT2D eigenvalue weighted by atomic mass is 16.5. The van der Waals surface area contributed by atoms with Gasteiger partial charge in [-0.3, -0.25) is 9.89 Å². The van der Waals surface area contributed by atoms with Crippen LogP contribution in [0.15, 0.2) is 6.20 Å². The number of aromatic nitrogens is 2. The Kier molecular flexibility index (Phi) is 3.07. The van der Waals surface area contributed by atoms with Crippen molar-refractivity contribution in [2.24, 2.45) is 5.92 Å². The van der Waals surface area contributed by atoms with Crippen molar-refractivity contribution in [2.45, 2.75) is 38.7 Å². The molecule has 1 amide bonds. The minimum absolute atomic E-state index is 0.000370. The minimum atomic E-state index is -0.000370. The zero-order chi connectivity index (χ0) is 12.5. The molecule has 1 saturated heterocycles. The van der Waals surface area contributed by atoms with Gasteiger partial charge in [-0.25, -0.2) is 0 Å². The standard InChI is InChI=1S/C13H19N3O2/c1-9-10(4-3-7-18-9)13(17)16-6-2-5-11-12(16)8-14-15-11/h8-10H,2-7H2,1H3,(H,14,15). The Balaban J connectivity index is 1.81. The maximum atomic E-state index is 12.6. The summed E-state index contributed by atoms with van der Waals surface area (Å²) in [5.74, 6) is 0.198. The first-order valence-corrected chi connectivity index (χ1v) is 6.72. The third-order valence-electron chi connectivity index (χ3n) is 3.98. The Morgan fingerprint density at radius 1 is 1.56 bits per heavy atom. The molecule has 2 atom stereocenters. The van der Waals surface area contributed by atoms with Crippen LogP contribution in [0.1, 0.15) is 31.9 Å². The van der Waals surface area contributed by atoms with E-state index in [1.54, 1.807) is 6.20 Å². The number of anilines is 1. The summed E-state index contributed by atoms with van der Waals surface area (Å²) >= 11 is 0. The molecule has 0 saturated carbocycles. The van der Waals surface area contributed by atoms with Crippen LogP contribution in [0, 0.1) is 5.92 Å². The van der Waals surface area contributed by atoms with Gasteiger partial charge in [0.15, 0.2) is 0 Å². The van der Waals surface area contributed by atoms with E-state index in [9.17, 15) is 4.79 Å². The fourth-order valence-corrected chi connectivity index (χ4v) is 2.93. The Morgan fingerprint density at radius 2 is 2.44 bits per heavy atom. The molecular formula is C13H19N3O2. The van der Waals surface area contributed by atoms with Crippen LogP contribution in [0.25, 0.3) is 0 Å². The van der Waals surface area contributed by atoms with E-state index >= 15 is 0 Å².